The van der Waals surface area contributed by atoms with Gasteiger partial charge in [0.15, 0.2) is 0 Å². The summed E-state index contributed by atoms with van der Waals surface area (Å²) in [6, 6.07) is 8.97. The van der Waals surface area contributed by atoms with Gasteiger partial charge in [0.05, 0.1) is 4.92 Å². The maximum absolute atomic E-state index is 12.0. The van der Waals surface area contributed by atoms with Crippen LogP contribution < -0.4 is 0 Å². The van der Waals surface area contributed by atoms with Gasteiger partial charge in [0.25, 0.3) is 5.69 Å². The summed E-state index contributed by atoms with van der Waals surface area (Å²) in [7, 11) is 0. The summed E-state index contributed by atoms with van der Waals surface area (Å²) in [6.45, 7) is 1.87. The van der Waals surface area contributed by atoms with E-state index in [0.29, 0.717) is 11.3 Å². The molecular weight excluding hydrogens is 232 g/mol. The lowest BCUT2D eigenvalue weighted by molar-refractivity contribution is -0.384. The number of pyridine rings is 1. The molecule has 0 spiro atoms. The number of nitro benzene ring substituents is 1. The van der Waals surface area contributed by atoms with Gasteiger partial charge in [0, 0.05) is 23.9 Å². The maximum atomic E-state index is 12.0. The number of hydrogen-bond acceptors (Lipinski definition) is 4. The minimum atomic E-state index is -0.501. The molecule has 90 valence electrons. The van der Waals surface area contributed by atoms with E-state index in [2.05, 4.69) is 4.98 Å². The average molecular weight is 242 g/mol. The molecule has 1 heterocycles. The molecule has 0 N–H and O–H groups in total. The number of carbonyl (C=O) groups is 1. The minimum Gasteiger partial charge on any atom is -0.287 e. The first kappa shape index (κ1) is 11.9. The first-order valence-electron chi connectivity index (χ1n) is 5.30. The highest BCUT2D eigenvalue weighted by atomic mass is 16.6. The lowest BCUT2D eigenvalue weighted by Gasteiger charge is -2.01. The maximum Gasteiger partial charge on any atom is 0.269 e. The van der Waals surface area contributed by atoms with E-state index in [4.69, 9.17) is 0 Å². The number of benzene rings is 1. The minimum absolute atomic E-state index is 0.0382. The molecule has 1 aromatic heterocycles. The molecule has 0 aliphatic carbocycles. The number of carbonyl (C=O) groups excluding carboxylic acids is 1. The molecular formula is C13H10N2O3. The van der Waals surface area contributed by atoms with Crippen LogP contribution in [0.2, 0.25) is 0 Å². The van der Waals surface area contributed by atoms with Gasteiger partial charge in [0.2, 0.25) is 5.78 Å². The van der Waals surface area contributed by atoms with Crippen molar-refractivity contribution in [2.75, 3.05) is 0 Å². The van der Waals surface area contributed by atoms with Gasteiger partial charge >= 0.3 is 0 Å². The van der Waals surface area contributed by atoms with Crippen molar-refractivity contribution in [3.8, 4) is 0 Å². The third kappa shape index (κ3) is 2.40. The van der Waals surface area contributed by atoms with Gasteiger partial charge in [-0.15, -0.1) is 0 Å². The van der Waals surface area contributed by atoms with E-state index in [9.17, 15) is 14.9 Å². The molecule has 2 aromatic rings. The molecule has 1 aromatic carbocycles. The first-order chi connectivity index (χ1) is 8.58. The lowest BCUT2D eigenvalue weighted by Crippen LogP contribution is -2.04. The van der Waals surface area contributed by atoms with Gasteiger partial charge in [-0.2, -0.15) is 0 Å². The second-order valence-electron chi connectivity index (χ2n) is 3.85. The van der Waals surface area contributed by atoms with Crippen LogP contribution in [0.1, 0.15) is 21.6 Å². The lowest BCUT2D eigenvalue weighted by atomic mass is 10.1. The van der Waals surface area contributed by atoms with Crippen molar-refractivity contribution in [2.24, 2.45) is 0 Å². The summed E-state index contributed by atoms with van der Waals surface area (Å²) in [5, 5.41) is 10.5. The van der Waals surface area contributed by atoms with E-state index in [1.807, 2.05) is 6.92 Å². The van der Waals surface area contributed by atoms with Crippen molar-refractivity contribution in [1.29, 1.82) is 0 Å². The van der Waals surface area contributed by atoms with Crippen molar-refractivity contribution in [2.45, 2.75) is 6.92 Å². The van der Waals surface area contributed by atoms with Crippen molar-refractivity contribution in [1.82, 2.24) is 4.98 Å². The van der Waals surface area contributed by atoms with E-state index >= 15 is 0 Å². The Morgan fingerprint density at radius 2 is 1.89 bits per heavy atom. The number of rotatable bonds is 3. The smallest absolute Gasteiger partial charge is 0.269 e. The Hall–Kier alpha value is -2.56. The highest BCUT2D eigenvalue weighted by Gasteiger charge is 2.12. The molecule has 5 nitrogen and oxygen atoms in total. The van der Waals surface area contributed by atoms with Gasteiger partial charge in [-0.3, -0.25) is 19.9 Å². The van der Waals surface area contributed by atoms with E-state index in [-0.39, 0.29) is 11.5 Å². The highest BCUT2D eigenvalue weighted by Crippen LogP contribution is 2.14. The fourth-order valence-electron chi connectivity index (χ4n) is 1.54. The zero-order valence-corrected chi connectivity index (χ0v) is 9.66. The summed E-state index contributed by atoms with van der Waals surface area (Å²) >= 11 is 0. The van der Waals surface area contributed by atoms with Gasteiger partial charge in [-0.05, 0) is 36.8 Å². The summed E-state index contributed by atoms with van der Waals surface area (Å²) < 4.78 is 0. The number of nitro groups is 1. The first-order valence-corrected chi connectivity index (χ1v) is 5.30. The molecule has 18 heavy (non-hydrogen) atoms. The third-order valence-corrected chi connectivity index (χ3v) is 2.49. The van der Waals surface area contributed by atoms with Gasteiger partial charge in [-0.1, -0.05) is 0 Å². The van der Waals surface area contributed by atoms with Crippen LogP contribution in [-0.2, 0) is 0 Å². The monoisotopic (exact) mass is 242 g/mol. The topological polar surface area (TPSA) is 73.1 Å². The Morgan fingerprint density at radius 1 is 1.22 bits per heavy atom. The number of aromatic nitrogens is 1. The molecule has 0 aliphatic heterocycles. The van der Waals surface area contributed by atoms with Crippen LogP contribution in [0.5, 0.6) is 0 Å². The molecule has 0 radical (unpaired) electrons. The summed E-state index contributed by atoms with van der Waals surface area (Å²) in [6.07, 6.45) is 1.56. The van der Waals surface area contributed by atoms with E-state index in [0.717, 1.165) is 5.56 Å². The second kappa shape index (κ2) is 4.75. The average Bonchev–Trinajstić information content (AvgIpc) is 2.38. The molecule has 0 fully saturated rings. The van der Waals surface area contributed by atoms with Gasteiger partial charge < -0.3 is 0 Å². The Bertz CT molecular complexity index is 606. The number of aryl methyl sites for hydroxylation is 1. The predicted octanol–water partition coefficient (Wildman–Crippen LogP) is 2.53. The standard InChI is InChI=1S/C13H10N2O3/c1-9-6-7-14-12(8-9)13(16)10-2-4-11(5-3-10)15(17)18/h2-8H,1H3. The van der Waals surface area contributed by atoms with Crippen molar-refractivity contribution in [3.05, 3.63) is 69.5 Å². The Kier molecular flexibility index (Phi) is 3.14. The third-order valence-electron chi connectivity index (χ3n) is 2.49. The molecule has 0 saturated heterocycles. The number of nitrogens with zero attached hydrogens (tertiary/aromatic N) is 2. The molecule has 0 saturated carbocycles. The molecule has 0 bridgehead atoms. The van der Waals surface area contributed by atoms with Crippen molar-refractivity contribution >= 4 is 11.5 Å². The fraction of sp³-hybridized carbons (Fsp3) is 0.0769. The van der Waals surface area contributed by atoms with Crippen molar-refractivity contribution in [3.63, 3.8) is 0 Å². The van der Waals surface area contributed by atoms with E-state index in [1.165, 1.54) is 24.3 Å². The number of non-ortho nitro benzene ring substituents is 1. The second-order valence-corrected chi connectivity index (χ2v) is 3.85. The van der Waals surface area contributed by atoms with E-state index < -0.39 is 4.92 Å². The molecule has 0 amide bonds. The van der Waals surface area contributed by atoms with Crippen LogP contribution in [0.3, 0.4) is 0 Å². The zero-order chi connectivity index (χ0) is 13.1. The molecule has 0 aliphatic rings. The Balaban J connectivity index is 2.32. The summed E-state index contributed by atoms with van der Waals surface area (Å²) in [5.41, 5.74) is 1.63. The van der Waals surface area contributed by atoms with Crippen molar-refractivity contribution < 1.29 is 9.72 Å². The SMILES string of the molecule is Cc1ccnc(C(=O)c2ccc([N+](=O)[O-])cc2)c1. The predicted molar refractivity (Wildman–Crippen MR) is 65.5 cm³/mol. The summed E-state index contributed by atoms with van der Waals surface area (Å²) in [5.74, 6) is -0.242. The number of hydrogen-bond donors (Lipinski definition) is 0. The summed E-state index contributed by atoms with van der Waals surface area (Å²) in [4.78, 5) is 26.0. The van der Waals surface area contributed by atoms with Gasteiger partial charge in [-0.25, -0.2) is 0 Å². The van der Waals surface area contributed by atoms with Crippen LogP contribution in [0.4, 0.5) is 5.69 Å². The van der Waals surface area contributed by atoms with Crippen LogP contribution >= 0.6 is 0 Å². The van der Waals surface area contributed by atoms with Crippen LogP contribution in [0.25, 0.3) is 0 Å². The highest BCUT2D eigenvalue weighted by molar-refractivity contribution is 6.07. The molecule has 5 heteroatoms. The normalized spacial score (nSPS) is 10.1. The van der Waals surface area contributed by atoms with Crippen LogP contribution in [-0.4, -0.2) is 15.7 Å². The Labute approximate surface area is 103 Å². The Morgan fingerprint density at radius 3 is 2.44 bits per heavy atom. The quantitative estimate of drug-likeness (QED) is 0.471. The molecule has 0 atom stereocenters. The molecule has 2 rings (SSSR count). The van der Waals surface area contributed by atoms with Crippen LogP contribution in [0.15, 0.2) is 42.6 Å². The van der Waals surface area contributed by atoms with E-state index in [1.54, 1.807) is 18.3 Å². The van der Waals surface area contributed by atoms with Gasteiger partial charge in [0.1, 0.15) is 5.69 Å². The zero-order valence-electron chi connectivity index (χ0n) is 9.66. The van der Waals surface area contributed by atoms with Crippen LogP contribution in [0, 0.1) is 17.0 Å². The number of ketones is 1. The molecule has 0 unspecified atom stereocenters. The fourth-order valence-corrected chi connectivity index (χ4v) is 1.54. The largest absolute Gasteiger partial charge is 0.287 e.